The van der Waals surface area contributed by atoms with Crippen molar-refractivity contribution in [1.82, 2.24) is 9.97 Å². The molecule has 0 aliphatic heterocycles. The lowest BCUT2D eigenvalue weighted by Crippen LogP contribution is -2.00. The number of nitrogens with zero attached hydrogens (tertiary/aromatic N) is 2. The Hall–Kier alpha value is -1.42. The lowest BCUT2D eigenvalue weighted by Gasteiger charge is -2.10. The normalized spacial score (nSPS) is 10.5. The molecule has 0 saturated carbocycles. The molecule has 1 aromatic heterocycles. The third-order valence-electron chi connectivity index (χ3n) is 2.80. The first-order valence-electron chi connectivity index (χ1n) is 6.46. The molecule has 0 saturated heterocycles. The number of rotatable bonds is 4. The summed E-state index contributed by atoms with van der Waals surface area (Å²) in [4.78, 5) is 8.77. The first kappa shape index (κ1) is 14.0. The van der Waals surface area contributed by atoms with Gasteiger partial charge in [0.15, 0.2) is 0 Å². The zero-order valence-corrected chi connectivity index (χ0v) is 13.1. The van der Waals surface area contributed by atoms with E-state index in [9.17, 15) is 0 Å². The summed E-state index contributed by atoms with van der Waals surface area (Å²) in [5.41, 5.74) is 4.26. The third kappa shape index (κ3) is 3.77. The molecule has 0 radical (unpaired) electrons. The van der Waals surface area contributed by atoms with Gasteiger partial charge in [-0.25, -0.2) is 9.97 Å². The molecule has 0 bridgehead atoms. The minimum absolute atomic E-state index is 0.640. The molecule has 0 amide bonds. The van der Waals surface area contributed by atoms with Crippen LogP contribution in [0.15, 0.2) is 28.7 Å². The molecule has 19 heavy (non-hydrogen) atoms. The maximum Gasteiger partial charge on any atom is 0.227 e. The lowest BCUT2D eigenvalue weighted by molar-refractivity contribution is 0.921. The Kier molecular flexibility index (Phi) is 4.53. The number of nitrogens with one attached hydrogen (secondary N) is 1. The van der Waals surface area contributed by atoms with Gasteiger partial charge in [0.1, 0.15) is 0 Å². The molecule has 0 fully saturated rings. The van der Waals surface area contributed by atoms with Gasteiger partial charge in [-0.3, -0.25) is 0 Å². The van der Waals surface area contributed by atoms with Crippen LogP contribution in [0.1, 0.15) is 30.3 Å². The highest BCUT2D eigenvalue weighted by Crippen LogP contribution is 2.26. The summed E-state index contributed by atoms with van der Waals surface area (Å²) in [6.45, 7) is 6.13. The number of benzene rings is 1. The van der Waals surface area contributed by atoms with E-state index >= 15 is 0 Å². The van der Waals surface area contributed by atoms with Gasteiger partial charge in [-0.05, 0) is 60.0 Å². The van der Waals surface area contributed by atoms with Crippen molar-refractivity contribution in [3.63, 3.8) is 0 Å². The molecule has 2 aromatic rings. The van der Waals surface area contributed by atoms with E-state index in [1.165, 1.54) is 5.56 Å². The predicted octanol–water partition coefficient (Wildman–Crippen LogP) is 4.55. The molecule has 4 heteroatoms. The van der Waals surface area contributed by atoms with Crippen LogP contribution in [0.2, 0.25) is 0 Å². The summed E-state index contributed by atoms with van der Waals surface area (Å²) >= 11 is 3.59. The highest BCUT2D eigenvalue weighted by Gasteiger charge is 2.04. The fourth-order valence-corrected chi connectivity index (χ4v) is 2.53. The number of hydrogen-bond donors (Lipinski definition) is 1. The van der Waals surface area contributed by atoms with E-state index in [2.05, 4.69) is 56.3 Å². The molecule has 2 rings (SSSR count). The number of anilines is 2. The van der Waals surface area contributed by atoms with Crippen LogP contribution in [-0.2, 0) is 6.42 Å². The smallest absolute Gasteiger partial charge is 0.227 e. The summed E-state index contributed by atoms with van der Waals surface area (Å²) in [7, 11) is 0. The molecular weight excluding hydrogens is 302 g/mol. The maximum absolute atomic E-state index is 4.39. The highest BCUT2D eigenvalue weighted by molar-refractivity contribution is 9.10. The monoisotopic (exact) mass is 319 g/mol. The van der Waals surface area contributed by atoms with Gasteiger partial charge < -0.3 is 5.32 Å². The fraction of sp³-hybridized carbons (Fsp3) is 0.333. The van der Waals surface area contributed by atoms with Gasteiger partial charge in [-0.15, -0.1) is 0 Å². The van der Waals surface area contributed by atoms with Crippen molar-refractivity contribution in [3.8, 4) is 0 Å². The van der Waals surface area contributed by atoms with Crippen molar-refractivity contribution in [2.75, 3.05) is 5.32 Å². The third-order valence-corrected chi connectivity index (χ3v) is 3.46. The molecule has 0 unspecified atom stereocenters. The van der Waals surface area contributed by atoms with Gasteiger partial charge in [0.05, 0.1) is 5.69 Å². The molecule has 3 nitrogen and oxygen atoms in total. The molecule has 1 aromatic carbocycles. The minimum atomic E-state index is 0.640. The molecule has 1 heterocycles. The molecule has 0 atom stereocenters. The van der Waals surface area contributed by atoms with Gasteiger partial charge >= 0.3 is 0 Å². The number of aromatic nitrogens is 2. The Bertz CT molecular complexity index is 561. The standard InChI is InChI=1S/C15H18BrN3/c1-4-5-12-6-7-14(13(16)9-12)19-15-17-10(2)8-11(3)18-15/h6-9H,4-5H2,1-3H3,(H,17,18,19). The van der Waals surface area contributed by atoms with Crippen LogP contribution in [0.5, 0.6) is 0 Å². The van der Waals surface area contributed by atoms with Crippen LogP contribution in [0, 0.1) is 13.8 Å². The Morgan fingerprint density at radius 3 is 2.37 bits per heavy atom. The van der Waals surface area contributed by atoms with Crippen molar-refractivity contribution in [2.45, 2.75) is 33.6 Å². The van der Waals surface area contributed by atoms with E-state index < -0.39 is 0 Å². The Labute approximate surface area is 122 Å². The fourth-order valence-electron chi connectivity index (χ4n) is 2.01. The van der Waals surface area contributed by atoms with E-state index in [-0.39, 0.29) is 0 Å². The van der Waals surface area contributed by atoms with Crippen LogP contribution in [0.4, 0.5) is 11.6 Å². The molecular formula is C15H18BrN3. The van der Waals surface area contributed by atoms with Gasteiger partial charge in [0.2, 0.25) is 5.95 Å². The summed E-state index contributed by atoms with van der Waals surface area (Å²) in [5, 5.41) is 3.25. The topological polar surface area (TPSA) is 37.8 Å². The average molecular weight is 320 g/mol. The van der Waals surface area contributed by atoms with Crippen molar-refractivity contribution in [3.05, 3.63) is 45.7 Å². The summed E-state index contributed by atoms with van der Waals surface area (Å²) in [6.07, 6.45) is 2.25. The molecule has 0 aliphatic carbocycles. The van der Waals surface area contributed by atoms with Gasteiger partial charge in [-0.1, -0.05) is 19.4 Å². The number of aryl methyl sites for hydroxylation is 3. The molecule has 1 N–H and O–H groups in total. The zero-order valence-electron chi connectivity index (χ0n) is 11.5. The van der Waals surface area contributed by atoms with Crippen LogP contribution in [0.3, 0.4) is 0 Å². The van der Waals surface area contributed by atoms with Crippen molar-refractivity contribution >= 4 is 27.6 Å². The molecule has 0 spiro atoms. The second-order valence-electron chi connectivity index (χ2n) is 4.66. The zero-order chi connectivity index (χ0) is 13.8. The molecule has 0 aliphatic rings. The first-order valence-corrected chi connectivity index (χ1v) is 7.25. The SMILES string of the molecule is CCCc1ccc(Nc2nc(C)cc(C)n2)c(Br)c1. The quantitative estimate of drug-likeness (QED) is 0.898. The second-order valence-corrected chi connectivity index (χ2v) is 5.52. The van der Waals surface area contributed by atoms with E-state index in [1.807, 2.05) is 19.9 Å². The molecule has 100 valence electrons. The van der Waals surface area contributed by atoms with Gasteiger partial charge in [0, 0.05) is 15.9 Å². The van der Waals surface area contributed by atoms with Crippen molar-refractivity contribution in [2.24, 2.45) is 0 Å². The summed E-state index contributed by atoms with van der Waals surface area (Å²) in [5.74, 6) is 0.640. The highest BCUT2D eigenvalue weighted by atomic mass is 79.9. The van der Waals surface area contributed by atoms with Crippen LogP contribution in [-0.4, -0.2) is 9.97 Å². The largest absolute Gasteiger partial charge is 0.323 e. The van der Waals surface area contributed by atoms with E-state index in [0.29, 0.717) is 5.95 Å². The first-order chi connectivity index (χ1) is 9.08. The number of hydrogen-bond acceptors (Lipinski definition) is 3. The summed E-state index contributed by atoms with van der Waals surface area (Å²) in [6, 6.07) is 8.31. The van der Waals surface area contributed by atoms with Gasteiger partial charge in [-0.2, -0.15) is 0 Å². The van der Waals surface area contributed by atoms with Gasteiger partial charge in [0.25, 0.3) is 0 Å². The second kappa shape index (κ2) is 6.15. The predicted molar refractivity (Wildman–Crippen MR) is 82.9 cm³/mol. The Balaban J connectivity index is 2.23. The lowest BCUT2D eigenvalue weighted by atomic mass is 10.1. The summed E-state index contributed by atoms with van der Waals surface area (Å²) < 4.78 is 1.04. The maximum atomic E-state index is 4.39. The van der Waals surface area contributed by atoms with E-state index in [4.69, 9.17) is 0 Å². The van der Waals surface area contributed by atoms with Crippen LogP contribution >= 0.6 is 15.9 Å². The van der Waals surface area contributed by atoms with Crippen LogP contribution < -0.4 is 5.32 Å². The van der Waals surface area contributed by atoms with E-state index in [0.717, 1.165) is 34.4 Å². The Morgan fingerprint density at radius 1 is 1.11 bits per heavy atom. The number of halogens is 1. The van der Waals surface area contributed by atoms with Crippen molar-refractivity contribution in [1.29, 1.82) is 0 Å². The van der Waals surface area contributed by atoms with Crippen molar-refractivity contribution < 1.29 is 0 Å². The average Bonchev–Trinajstić information content (AvgIpc) is 2.32. The Morgan fingerprint density at radius 2 is 1.79 bits per heavy atom. The van der Waals surface area contributed by atoms with Crippen LogP contribution in [0.25, 0.3) is 0 Å². The van der Waals surface area contributed by atoms with E-state index in [1.54, 1.807) is 0 Å². The minimum Gasteiger partial charge on any atom is -0.323 e.